The van der Waals surface area contributed by atoms with Gasteiger partial charge in [0.2, 0.25) is 5.91 Å². The number of nitrogens with one attached hydrogen (secondary N) is 2. The van der Waals surface area contributed by atoms with E-state index in [0.717, 1.165) is 12.1 Å². The molecule has 1 atom stereocenters. The summed E-state index contributed by atoms with van der Waals surface area (Å²) in [4.78, 5) is 11.8. The van der Waals surface area contributed by atoms with Gasteiger partial charge in [-0.25, -0.2) is 0 Å². The number of aromatic nitrogens is 2. The second-order valence-corrected chi connectivity index (χ2v) is 5.65. The lowest BCUT2D eigenvalue weighted by molar-refractivity contribution is -0.117. The average Bonchev–Trinajstić information content (AvgIpc) is 2.63. The molecule has 0 aromatic carbocycles. The van der Waals surface area contributed by atoms with Gasteiger partial charge in [-0.05, 0) is 17.8 Å². The number of amides is 1. The summed E-state index contributed by atoms with van der Waals surface area (Å²) >= 11 is 0. The van der Waals surface area contributed by atoms with Gasteiger partial charge >= 0.3 is 0 Å². The van der Waals surface area contributed by atoms with E-state index in [9.17, 15) is 4.79 Å². The molecule has 0 fully saturated rings. The molecule has 1 rings (SSSR count). The third-order valence-electron chi connectivity index (χ3n) is 3.25. The van der Waals surface area contributed by atoms with E-state index in [1.54, 1.807) is 0 Å². The third-order valence-corrected chi connectivity index (χ3v) is 3.25. The second kappa shape index (κ2) is 5.34. The highest BCUT2D eigenvalue weighted by Crippen LogP contribution is 2.28. The van der Waals surface area contributed by atoms with Crippen molar-refractivity contribution < 1.29 is 4.79 Å². The van der Waals surface area contributed by atoms with Crippen LogP contribution in [-0.2, 0) is 11.2 Å². The lowest BCUT2D eigenvalue weighted by Gasteiger charge is -2.26. The molecule has 2 N–H and O–H groups in total. The fourth-order valence-corrected chi connectivity index (χ4v) is 1.38. The van der Waals surface area contributed by atoms with E-state index in [1.807, 2.05) is 13.0 Å². The summed E-state index contributed by atoms with van der Waals surface area (Å²) in [6.45, 7) is 10.6. The van der Waals surface area contributed by atoms with E-state index in [0.29, 0.717) is 18.2 Å². The zero-order valence-corrected chi connectivity index (χ0v) is 11.4. The van der Waals surface area contributed by atoms with E-state index < -0.39 is 0 Å². The summed E-state index contributed by atoms with van der Waals surface area (Å²) in [6, 6.07) is 1.87. The number of aryl methyl sites for hydroxylation is 1. The van der Waals surface area contributed by atoms with Gasteiger partial charge in [-0.3, -0.25) is 9.89 Å². The van der Waals surface area contributed by atoms with E-state index >= 15 is 0 Å². The maximum Gasteiger partial charge on any atom is 0.225 e. The van der Waals surface area contributed by atoms with Gasteiger partial charge in [0.05, 0.1) is 0 Å². The molecule has 0 aliphatic heterocycles. The fourth-order valence-electron chi connectivity index (χ4n) is 1.38. The molecule has 0 aliphatic rings. The highest BCUT2D eigenvalue weighted by atomic mass is 16.1. The Morgan fingerprint density at radius 3 is 2.65 bits per heavy atom. The minimum atomic E-state index is 0.0292. The van der Waals surface area contributed by atoms with Crippen LogP contribution >= 0.6 is 0 Å². The van der Waals surface area contributed by atoms with E-state index in [4.69, 9.17) is 0 Å². The summed E-state index contributed by atoms with van der Waals surface area (Å²) < 4.78 is 0. The fraction of sp³-hybridized carbons (Fsp3) is 0.692. The Morgan fingerprint density at radius 2 is 2.18 bits per heavy atom. The van der Waals surface area contributed by atoms with Crippen LogP contribution in [0.5, 0.6) is 0 Å². The van der Waals surface area contributed by atoms with Gasteiger partial charge in [0.25, 0.3) is 0 Å². The predicted octanol–water partition coefficient (Wildman–Crippen LogP) is 2.98. The quantitative estimate of drug-likeness (QED) is 0.845. The van der Waals surface area contributed by atoms with E-state index in [2.05, 4.69) is 43.2 Å². The van der Waals surface area contributed by atoms with Gasteiger partial charge in [0.15, 0.2) is 5.82 Å². The topological polar surface area (TPSA) is 57.8 Å². The van der Waals surface area contributed by atoms with Crippen molar-refractivity contribution >= 4 is 11.7 Å². The van der Waals surface area contributed by atoms with E-state index in [1.165, 1.54) is 0 Å². The first-order valence-electron chi connectivity index (χ1n) is 6.17. The van der Waals surface area contributed by atoms with Gasteiger partial charge < -0.3 is 5.32 Å². The average molecular weight is 237 g/mol. The van der Waals surface area contributed by atoms with Crippen LogP contribution in [0.25, 0.3) is 0 Å². The van der Waals surface area contributed by atoms with Crippen molar-refractivity contribution in [3.63, 3.8) is 0 Å². The van der Waals surface area contributed by atoms with Gasteiger partial charge in [-0.15, -0.1) is 0 Å². The Kier molecular flexibility index (Phi) is 4.32. The van der Waals surface area contributed by atoms with Crippen molar-refractivity contribution in [2.75, 3.05) is 5.32 Å². The molecule has 1 aromatic heterocycles. The molecule has 17 heavy (non-hydrogen) atoms. The Morgan fingerprint density at radius 1 is 1.53 bits per heavy atom. The first kappa shape index (κ1) is 13.7. The number of carbonyl (C=O) groups is 1. The Balaban J connectivity index is 2.50. The first-order valence-corrected chi connectivity index (χ1v) is 6.17. The molecule has 96 valence electrons. The van der Waals surface area contributed by atoms with Crippen molar-refractivity contribution in [3.05, 3.63) is 11.8 Å². The maximum atomic E-state index is 11.8. The van der Waals surface area contributed by atoms with Crippen molar-refractivity contribution in [2.24, 2.45) is 11.3 Å². The monoisotopic (exact) mass is 237 g/mol. The molecule has 0 bridgehead atoms. The SMILES string of the molecule is CCc1cc(NC(=O)CC(C)C(C)(C)C)n[nH]1. The molecule has 0 aliphatic carbocycles. The van der Waals surface area contributed by atoms with Gasteiger partial charge in [-0.2, -0.15) is 5.10 Å². The lowest BCUT2D eigenvalue weighted by Crippen LogP contribution is -2.24. The van der Waals surface area contributed by atoms with Crippen LogP contribution < -0.4 is 5.32 Å². The van der Waals surface area contributed by atoms with Crippen molar-refractivity contribution in [2.45, 2.75) is 47.5 Å². The molecule has 4 nitrogen and oxygen atoms in total. The standard InChI is InChI=1S/C13H23N3O/c1-6-10-8-11(16-15-10)14-12(17)7-9(2)13(3,4)5/h8-9H,6-7H2,1-5H3,(H2,14,15,16,17). The zero-order chi connectivity index (χ0) is 13.1. The molecule has 0 spiro atoms. The molecule has 1 heterocycles. The van der Waals surface area contributed by atoms with Crippen LogP contribution in [0.2, 0.25) is 0 Å². The van der Waals surface area contributed by atoms with Crippen LogP contribution in [0.3, 0.4) is 0 Å². The lowest BCUT2D eigenvalue weighted by atomic mass is 9.80. The normalized spacial score (nSPS) is 13.5. The summed E-state index contributed by atoms with van der Waals surface area (Å²) in [5.74, 6) is 0.988. The Labute approximate surface area is 103 Å². The van der Waals surface area contributed by atoms with Crippen molar-refractivity contribution in [3.8, 4) is 0 Å². The zero-order valence-electron chi connectivity index (χ0n) is 11.4. The Hall–Kier alpha value is -1.32. The van der Waals surface area contributed by atoms with Crippen LogP contribution in [0.4, 0.5) is 5.82 Å². The van der Waals surface area contributed by atoms with Crippen molar-refractivity contribution in [1.82, 2.24) is 10.2 Å². The molecular weight excluding hydrogens is 214 g/mol. The van der Waals surface area contributed by atoms with Crippen LogP contribution in [-0.4, -0.2) is 16.1 Å². The highest BCUT2D eigenvalue weighted by molar-refractivity contribution is 5.89. The molecule has 4 heteroatoms. The summed E-state index contributed by atoms with van der Waals surface area (Å²) in [5, 5.41) is 9.74. The summed E-state index contributed by atoms with van der Waals surface area (Å²) in [6.07, 6.45) is 1.42. The molecule has 0 saturated carbocycles. The largest absolute Gasteiger partial charge is 0.309 e. The molecule has 0 radical (unpaired) electrons. The van der Waals surface area contributed by atoms with Crippen LogP contribution in [0, 0.1) is 11.3 Å². The Bertz CT molecular complexity index is 376. The van der Waals surface area contributed by atoms with Crippen LogP contribution in [0.15, 0.2) is 6.07 Å². The number of H-pyrrole nitrogens is 1. The second-order valence-electron chi connectivity index (χ2n) is 5.65. The van der Waals surface area contributed by atoms with Gasteiger partial charge in [-0.1, -0.05) is 34.6 Å². The third kappa shape index (κ3) is 4.21. The molecule has 1 unspecified atom stereocenters. The van der Waals surface area contributed by atoms with Gasteiger partial charge in [0.1, 0.15) is 0 Å². The highest BCUT2D eigenvalue weighted by Gasteiger charge is 2.22. The maximum absolute atomic E-state index is 11.8. The molecule has 1 aromatic rings. The smallest absolute Gasteiger partial charge is 0.225 e. The number of hydrogen-bond acceptors (Lipinski definition) is 2. The number of aromatic amines is 1. The molecular formula is C13H23N3O. The summed E-state index contributed by atoms with van der Waals surface area (Å²) in [5.41, 5.74) is 1.18. The van der Waals surface area contributed by atoms with E-state index in [-0.39, 0.29) is 11.3 Å². The number of hydrogen-bond donors (Lipinski definition) is 2. The number of rotatable bonds is 4. The predicted molar refractivity (Wildman–Crippen MR) is 69.8 cm³/mol. The van der Waals surface area contributed by atoms with Crippen LogP contribution in [0.1, 0.15) is 46.7 Å². The minimum Gasteiger partial charge on any atom is -0.309 e. The number of carbonyl (C=O) groups excluding carboxylic acids is 1. The number of anilines is 1. The summed E-state index contributed by atoms with van der Waals surface area (Å²) in [7, 11) is 0. The molecule has 1 amide bonds. The van der Waals surface area contributed by atoms with Gasteiger partial charge in [0, 0.05) is 18.2 Å². The van der Waals surface area contributed by atoms with Crippen molar-refractivity contribution in [1.29, 1.82) is 0 Å². The minimum absolute atomic E-state index is 0.0292. The number of nitrogens with zero attached hydrogens (tertiary/aromatic N) is 1. The molecule has 0 saturated heterocycles. The first-order chi connectivity index (χ1) is 7.82.